The van der Waals surface area contributed by atoms with Crippen molar-refractivity contribution in [3.05, 3.63) is 0 Å². The number of carboxylic acids is 1. The van der Waals surface area contributed by atoms with Crippen molar-refractivity contribution in [1.29, 1.82) is 5.26 Å². The summed E-state index contributed by atoms with van der Waals surface area (Å²) in [6, 6.07) is 0.972. The summed E-state index contributed by atoms with van der Waals surface area (Å²) in [6.45, 7) is 3.37. The number of nitriles is 1. The van der Waals surface area contributed by atoms with Gasteiger partial charge in [-0.25, -0.2) is 4.72 Å². The van der Waals surface area contributed by atoms with Crippen molar-refractivity contribution in [1.82, 2.24) is 9.03 Å². The molecule has 1 aliphatic heterocycles. The quantitative estimate of drug-likeness (QED) is 0.756. The zero-order valence-electron chi connectivity index (χ0n) is 11.1. The third-order valence-electron chi connectivity index (χ3n) is 3.05. The maximum absolute atomic E-state index is 12.1. The number of piperidine rings is 1. The molecule has 1 fully saturated rings. The molecule has 0 aromatic heterocycles. The summed E-state index contributed by atoms with van der Waals surface area (Å²) in [5, 5.41) is 17.9. The molecule has 0 bridgehead atoms. The van der Waals surface area contributed by atoms with Crippen molar-refractivity contribution in [3.63, 3.8) is 0 Å². The van der Waals surface area contributed by atoms with Gasteiger partial charge < -0.3 is 5.11 Å². The van der Waals surface area contributed by atoms with Crippen LogP contribution in [-0.4, -0.2) is 42.9 Å². The normalized spacial score (nSPS) is 21.8. The molecule has 108 valence electrons. The Morgan fingerprint density at radius 3 is 2.68 bits per heavy atom. The van der Waals surface area contributed by atoms with Crippen LogP contribution in [0.1, 0.15) is 33.1 Å². The summed E-state index contributed by atoms with van der Waals surface area (Å²) in [6.07, 6.45) is 1.66. The van der Waals surface area contributed by atoms with Gasteiger partial charge in [0.2, 0.25) is 0 Å². The van der Waals surface area contributed by atoms with Crippen LogP contribution >= 0.6 is 0 Å². The average molecular weight is 289 g/mol. The van der Waals surface area contributed by atoms with Crippen molar-refractivity contribution in [3.8, 4) is 6.07 Å². The van der Waals surface area contributed by atoms with E-state index in [9.17, 15) is 13.2 Å². The van der Waals surface area contributed by atoms with Gasteiger partial charge in [0.05, 0.1) is 11.5 Å². The van der Waals surface area contributed by atoms with Crippen LogP contribution in [0.4, 0.5) is 0 Å². The number of aliphatic carboxylic acids is 1. The van der Waals surface area contributed by atoms with Gasteiger partial charge in [-0.2, -0.15) is 18.0 Å². The minimum Gasteiger partial charge on any atom is -0.480 e. The lowest BCUT2D eigenvalue weighted by atomic mass is 9.97. The van der Waals surface area contributed by atoms with E-state index in [1.165, 1.54) is 0 Å². The molecule has 1 saturated heterocycles. The maximum Gasteiger partial charge on any atom is 0.322 e. The molecule has 1 aliphatic rings. The van der Waals surface area contributed by atoms with Gasteiger partial charge in [-0.15, -0.1) is 0 Å². The molecule has 1 heterocycles. The van der Waals surface area contributed by atoms with Crippen LogP contribution in [0.2, 0.25) is 0 Å². The molecule has 8 heteroatoms. The molecule has 0 aromatic carbocycles. The van der Waals surface area contributed by atoms with Crippen molar-refractivity contribution >= 4 is 16.2 Å². The predicted molar refractivity (Wildman–Crippen MR) is 68.3 cm³/mol. The second-order valence-electron chi connectivity index (χ2n) is 5.28. The summed E-state index contributed by atoms with van der Waals surface area (Å²) >= 11 is 0. The number of rotatable bonds is 5. The lowest BCUT2D eigenvalue weighted by Crippen LogP contribution is -2.53. The largest absolute Gasteiger partial charge is 0.480 e. The molecule has 0 aliphatic carbocycles. The first kappa shape index (κ1) is 15.9. The molecule has 1 unspecified atom stereocenters. The van der Waals surface area contributed by atoms with E-state index in [1.54, 1.807) is 13.8 Å². The van der Waals surface area contributed by atoms with Crippen molar-refractivity contribution < 1.29 is 18.3 Å². The molecule has 0 radical (unpaired) electrons. The smallest absolute Gasteiger partial charge is 0.322 e. The first-order valence-electron chi connectivity index (χ1n) is 6.10. The van der Waals surface area contributed by atoms with Gasteiger partial charge in [0.1, 0.15) is 6.04 Å². The third kappa shape index (κ3) is 4.16. The topological polar surface area (TPSA) is 111 Å². The maximum atomic E-state index is 12.1. The molecule has 0 saturated carbocycles. The summed E-state index contributed by atoms with van der Waals surface area (Å²) in [5.41, 5.74) is -0.832. The van der Waals surface area contributed by atoms with Crippen LogP contribution in [0.3, 0.4) is 0 Å². The van der Waals surface area contributed by atoms with Gasteiger partial charge in [-0.3, -0.25) is 4.79 Å². The van der Waals surface area contributed by atoms with Crippen molar-refractivity contribution in [2.45, 2.75) is 39.2 Å². The monoisotopic (exact) mass is 289 g/mol. The van der Waals surface area contributed by atoms with Gasteiger partial charge >= 0.3 is 5.97 Å². The zero-order valence-corrected chi connectivity index (χ0v) is 11.9. The highest BCUT2D eigenvalue weighted by Crippen LogP contribution is 2.20. The Hall–Kier alpha value is -1.17. The van der Waals surface area contributed by atoms with E-state index in [2.05, 4.69) is 4.72 Å². The molecule has 0 spiro atoms. The van der Waals surface area contributed by atoms with Gasteiger partial charge in [0, 0.05) is 13.1 Å². The molecule has 19 heavy (non-hydrogen) atoms. The SMILES string of the molecule is CC(C)(C#N)CNS(=O)(=O)N1CCCCC1C(=O)O. The Labute approximate surface area is 113 Å². The summed E-state index contributed by atoms with van der Waals surface area (Å²) in [7, 11) is -3.87. The molecular weight excluding hydrogens is 270 g/mol. The van der Waals surface area contributed by atoms with Gasteiger partial charge in [-0.05, 0) is 33.1 Å². The van der Waals surface area contributed by atoms with E-state index >= 15 is 0 Å². The Morgan fingerprint density at radius 1 is 1.53 bits per heavy atom. The lowest BCUT2D eigenvalue weighted by molar-refractivity contribution is -0.142. The first-order valence-corrected chi connectivity index (χ1v) is 7.54. The predicted octanol–water partition coefficient (Wildman–Crippen LogP) is 0.310. The minimum atomic E-state index is -3.87. The van der Waals surface area contributed by atoms with E-state index in [-0.39, 0.29) is 13.1 Å². The molecule has 2 N–H and O–H groups in total. The number of nitrogens with zero attached hydrogens (tertiary/aromatic N) is 2. The fourth-order valence-corrected chi connectivity index (χ4v) is 3.44. The fourth-order valence-electron chi connectivity index (χ4n) is 1.83. The number of carboxylic acid groups (broad SMARTS) is 1. The van der Waals surface area contributed by atoms with Crippen LogP contribution in [0.5, 0.6) is 0 Å². The van der Waals surface area contributed by atoms with Crippen LogP contribution in [0.15, 0.2) is 0 Å². The molecule has 1 rings (SSSR count). The highest BCUT2D eigenvalue weighted by atomic mass is 32.2. The Morgan fingerprint density at radius 2 is 2.16 bits per heavy atom. The zero-order chi connectivity index (χ0) is 14.7. The molecule has 1 atom stereocenters. The van der Waals surface area contributed by atoms with Gasteiger partial charge in [-0.1, -0.05) is 0 Å². The molecular formula is C11H19N3O4S. The second kappa shape index (κ2) is 5.86. The van der Waals surface area contributed by atoms with E-state index in [1.807, 2.05) is 6.07 Å². The Balaban J connectivity index is 2.81. The highest BCUT2D eigenvalue weighted by molar-refractivity contribution is 7.87. The van der Waals surface area contributed by atoms with Gasteiger partial charge in [0.15, 0.2) is 0 Å². The number of hydrogen-bond donors (Lipinski definition) is 2. The Kier molecular flexibility index (Phi) is 4.90. The highest BCUT2D eigenvalue weighted by Gasteiger charge is 2.37. The minimum absolute atomic E-state index is 0.0470. The second-order valence-corrected chi connectivity index (χ2v) is 6.99. The van der Waals surface area contributed by atoms with Crippen LogP contribution in [0.25, 0.3) is 0 Å². The fraction of sp³-hybridized carbons (Fsp3) is 0.818. The van der Waals surface area contributed by atoms with Crippen LogP contribution in [0, 0.1) is 16.7 Å². The summed E-state index contributed by atoms with van der Waals surface area (Å²) < 4.78 is 27.5. The number of nitrogens with one attached hydrogen (secondary N) is 1. The van der Waals surface area contributed by atoms with Crippen LogP contribution < -0.4 is 4.72 Å². The third-order valence-corrected chi connectivity index (χ3v) is 4.61. The van der Waals surface area contributed by atoms with Crippen LogP contribution in [-0.2, 0) is 15.0 Å². The Bertz CT molecular complexity index is 481. The lowest BCUT2D eigenvalue weighted by Gasteiger charge is -2.32. The summed E-state index contributed by atoms with van der Waals surface area (Å²) in [4.78, 5) is 11.1. The number of hydrogen-bond acceptors (Lipinski definition) is 4. The van der Waals surface area contributed by atoms with E-state index < -0.39 is 27.6 Å². The number of carbonyl (C=O) groups is 1. The van der Waals surface area contributed by atoms with Crippen molar-refractivity contribution in [2.75, 3.05) is 13.1 Å². The molecule has 7 nitrogen and oxygen atoms in total. The first-order chi connectivity index (χ1) is 8.69. The van der Waals surface area contributed by atoms with E-state index in [4.69, 9.17) is 10.4 Å². The van der Waals surface area contributed by atoms with E-state index in [0.29, 0.717) is 19.3 Å². The standard InChI is InChI=1S/C11H19N3O4S/c1-11(2,7-12)8-13-19(17,18)14-6-4-3-5-9(14)10(15)16/h9,13H,3-6,8H2,1-2H3,(H,15,16). The average Bonchev–Trinajstić information content (AvgIpc) is 2.37. The van der Waals surface area contributed by atoms with Crippen molar-refractivity contribution in [2.24, 2.45) is 5.41 Å². The molecule has 0 aromatic rings. The summed E-state index contributed by atoms with van der Waals surface area (Å²) in [5.74, 6) is -1.13. The molecule has 0 amide bonds. The van der Waals surface area contributed by atoms with Gasteiger partial charge in [0.25, 0.3) is 10.2 Å². The van der Waals surface area contributed by atoms with E-state index in [0.717, 1.165) is 4.31 Å².